The van der Waals surface area contributed by atoms with Gasteiger partial charge in [-0.05, 0) is 37.3 Å². The number of rotatable bonds is 3. The average molecular weight is 338 g/mol. The fourth-order valence-corrected chi connectivity index (χ4v) is 2.99. The fourth-order valence-electron chi connectivity index (χ4n) is 2.99. The van der Waals surface area contributed by atoms with Crippen molar-refractivity contribution in [2.24, 2.45) is 0 Å². The van der Waals surface area contributed by atoms with Gasteiger partial charge in [-0.3, -0.25) is 4.79 Å². The Kier molecular flexibility index (Phi) is 5.03. The SMILES string of the molecule is COC(=O)c1cccc(N2CCN(C(=O)c3ccc(C)cc3)CC2)c1. The molecule has 130 valence electrons. The standard InChI is InChI=1S/C20H22N2O3/c1-15-6-8-16(9-7-15)19(23)22-12-10-21(11-13-22)18-5-3-4-17(14-18)20(24)25-2/h3-9,14H,10-13H2,1-2H3. The molecule has 0 unspecified atom stereocenters. The molecular formula is C20H22N2O3. The van der Waals surface area contributed by atoms with E-state index in [-0.39, 0.29) is 11.9 Å². The van der Waals surface area contributed by atoms with Crippen LogP contribution in [0.15, 0.2) is 48.5 Å². The minimum atomic E-state index is -0.338. The monoisotopic (exact) mass is 338 g/mol. The molecule has 1 saturated heterocycles. The van der Waals surface area contributed by atoms with Gasteiger partial charge in [-0.15, -0.1) is 0 Å². The molecule has 3 rings (SSSR count). The van der Waals surface area contributed by atoms with Crippen LogP contribution < -0.4 is 4.90 Å². The summed E-state index contributed by atoms with van der Waals surface area (Å²) in [6.07, 6.45) is 0. The van der Waals surface area contributed by atoms with Gasteiger partial charge in [-0.1, -0.05) is 23.8 Å². The maximum atomic E-state index is 12.6. The van der Waals surface area contributed by atoms with Gasteiger partial charge in [-0.2, -0.15) is 0 Å². The minimum absolute atomic E-state index is 0.0722. The first kappa shape index (κ1) is 17.0. The summed E-state index contributed by atoms with van der Waals surface area (Å²) < 4.78 is 4.77. The first-order valence-electron chi connectivity index (χ1n) is 8.38. The van der Waals surface area contributed by atoms with Crippen LogP contribution in [0.5, 0.6) is 0 Å². The summed E-state index contributed by atoms with van der Waals surface area (Å²) in [5, 5.41) is 0. The molecule has 0 aromatic heterocycles. The fraction of sp³-hybridized carbons (Fsp3) is 0.300. The van der Waals surface area contributed by atoms with Gasteiger partial charge < -0.3 is 14.5 Å². The summed E-state index contributed by atoms with van der Waals surface area (Å²) in [5.41, 5.74) is 3.39. The number of nitrogens with zero attached hydrogens (tertiary/aromatic N) is 2. The van der Waals surface area contributed by atoms with Crippen molar-refractivity contribution in [3.05, 3.63) is 65.2 Å². The lowest BCUT2D eigenvalue weighted by Gasteiger charge is -2.36. The summed E-state index contributed by atoms with van der Waals surface area (Å²) in [7, 11) is 1.38. The average Bonchev–Trinajstić information content (AvgIpc) is 2.67. The molecule has 1 aliphatic heterocycles. The summed E-state index contributed by atoms with van der Waals surface area (Å²) in [4.78, 5) is 28.3. The van der Waals surface area contributed by atoms with Gasteiger partial charge >= 0.3 is 5.97 Å². The predicted octanol–water partition coefficient (Wildman–Crippen LogP) is 2.74. The second-order valence-electron chi connectivity index (χ2n) is 6.19. The molecule has 2 aromatic rings. The van der Waals surface area contributed by atoms with Crippen LogP contribution in [-0.2, 0) is 4.74 Å². The Morgan fingerprint density at radius 2 is 1.60 bits per heavy atom. The molecule has 25 heavy (non-hydrogen) atoms. The lowest BCUT2D eigenvalue weighted by Crippen LogP contribution is -2.48. The van der Waals surface area contributed by atoms with E-state index in [9.17, 15) is 9.59 Å². The topological polar surface area (TPSA) is 49.9 Å². The Balaban J connectivity index is 1.65. The van der Waals surface area contributed by atoms with Crippen LogP contribution in [-0.4, -0.2) is 50.1 Å². The van der Waals surface area contributed by atoms with E-state index in [2.05, 4.69) is 4.90 Å². The number of methoxy groups -OCH3 is 1. The number of carbonyl (C=O) groups is 2. The number of aryl methyl sites for hydroxylation is 1. The van der Waals surface area contributed by atoms with Crippen molar-refractivity contribution in [3.63, 3.8) is 0 Å². The molecule has 0 aliphatic carbocycles. The number of piperazine rings is 1. The van der Waals surface area contributed by atoms with Gasteiger partial charge in [0.05, 0.1) is 12.7 Å². The zero-order valence-electron chi connectivity index (χ0n) is 14.6. The molecule has 0 N–H and O–H groups in total. The van der Waals surface area contributed by atoms with E-state index in [4.69, 9.17) is 4.74 Å². The van der Waals surface area contributed by atoms with Crippen LogP contribution in [0.4, 0.5) is 5.69 Å². The van der Waals surface area contributed by atoms with Crippen molar-refractivity contribution in [1.82, 2.24) is 4.90 Å². The third-order valence-electron chi connectivity index (χ3n) is 4.50. The normalized spacial score (nSPS) is 14.3. The minimum Gasteiger partial charge on any atom is -0.465 e. The highest BCUT2D eigenvalue weighted by Gasteiger charge is 2.22. The van der Waals surface area contributed by atoms with E-state index >= 15 is 0 Å². The number of benzene rings is 2. The van der Waals surface area contributed by atoms with E-state index in [0.717, 1.165) is 29.9 Å². The molecule has 1 aliphatic rings. The van der Waals surface area contributed by atoms with Crippen LogP contribution >= 0.6 is 0 Å². The quantitative estimate of drug-likeness (QED) is 0.808. The number of amides is 1. The summed E-state index contributed by atoms with van der Waals surface area (Å²) in [5.74, 6) is -0.266. The van der Waals surface area contributed by atoms with E-state index in [1.807, 2.05) is 54.3 Å². The molecule has 0 saturated carbocycles. The molecule has 0 spiro atoms. The zero-order chi connectivity index (χ0) is 17.8. The van der Waals surface area contributed by atoms with Crippen molar-refractivity contribution in [3.8, 4) is 0 Å². The molecule has 0 atom stereocenters. The predicted molar refractivity (Wildman–Crippen MR) is 97.1 cm³/mol. The van der Waals surface area contributed by atoms with Gasteiger partial charge in [-0.25, -0.2) is 4.79 Å². The molecule has 0 radical (unpaired) electrons. The zero-order valence-corrected chi connectivity index (χ0v) is 14.6. The number of ether oxygens (including phenoxy) is 1. The lowest BCUT2D eigenvalue weighted by molar-refractivity contribution is 0.0600. The molecule has 1 heterocycles. The Hall–Kier alpha value is -2.82. The third-order valence-corrected chi connectivity index (χ3v) is 4.50. The number of carbonyl (C=O) groups excluding carboxylic acids is 2. The Morgan fingerprint density at radius 1 is 0.920 bits per heavy atom. The van der Waals surface area contributed by atoms with E-state index in [1.165, 1.54) is 7.11 Å². The van der Waals surface area contributed by atoms with Crippen LogP contribution in [0.1, 0.15) is 26.3 Å². The smallest absolute Gasteiger partial charge is 0.337 e. The van der Waals surface area contributed by atoms with Crippen molar-refractivity contribution in [2.75, 3.05) is 38.2 Å². The van der Waals surface area contributed by atoms with Crippen LogP contribution in [0.25, 0.3) is 0 Å². The molecule has 5 heteroatoms. The number of esters is 1. The van der Waals surface area contributed by atoms with Gasteiger partial charge in [0.25, 0.3) is 5.91 Å². The van der Waals surface area contributed by atoms with Crippen molar-refractivity contribution >= 4 is 17.6 Å². The molecule has 5 nitrogen and oxygen atoms in total. The maximum Gasteiger partial charge on any atom is 0.337 e. The molecule has 0 bridgehead atoms. The third kappa shape index (κ3) is 3.82. The first-order valence-corrected chi connectivity index (χ1v) is 8.38. The van der Waals surface area contributed by atoms with Gasteiger partial charge in [0.15, 0.2) is 0 Å². The van der Waals surface area contributed by atoms with Gasteiger partial charge in [0.2, 0.25) is 0 Å². The maximum absolute atomic E-state index is 12.6. The second kappa shape index (κ2) is 7.38. The number of hydrogen-bond acceptors (Lipinski definition) is 4. The highest BCUT2D eigenvalue weighted by atomic mass is 16.5. The lowest BCUT2D eigenvalue weighted by atomic mass is 10.1. The molecule has 1 fully saturated rings. The Morgan fingerprint density at radius 3 is 2.24 bits per heavy atom. The molecule has 1 amide bonds. The van der Waals surface area contributed by atoms with Crippen LogP contribution in [0, 0.1) is 6.92 Å². The van der Waals surface area contributed by atoms with Crippen molar-refractivity contribution in [2.45, 2.75) is 6.92 Å². The van der Waals surface area contributed by atoms with Gasteiger partial charge in [0, 0.05) is 37.4 Å². The van der Waals surface area contributed by atoms with Crippen molar-refractivity contribution in [1.29, 1.82) is 0 Å². The summed E-state index contributed by atoms with van der Waals surface area (Å²) in [6, 6.07) is 15.1. The number of anilines is 1. The first-order chi connectivity index (χ1) is 12.1. The van der Waals surface area contributed by atoms with E-state index in [0.29, 0.717) is 18.7 Å². The highest BCUT2D eigenvalue weighted by Crippen LogP contribution is 2.19. The van der Waals surface area contributed by atoms with E-state index in [1.54, 1.807) is 6.07 Å². The van der Waals surface area contributed by atoms with Crippen LogP contribution in [0.2, 0.25) is 0 Å². The molecular weight excluding hydrogens is 316 g/mol. The Labute approximate surface area is 147 Å². The summed E-state index contributed by atoms with van der Waals surface area (Å²) in [6.45, 7) is 4.81. The largest absolute Gasteiger partial charge is 0.465 e. The summed E-state index contributed by atoms with van der Waals surface area (Å²) >= 11 is 0. The molecule has 2 aromatic carbocycles. The second-order valence-corrected chi connectivity index (χ2v) is 6.19. The number of hydrogen-bond donors (Lipinski definition) is 0. The van der Waals surface area contributed by atoms with E-state index < -0.39 is 0 Å². The van der Waals surface area contributed by atoms with Crippen molar-refractivity contribution < 1.29 is 14.3 Å². The highest BCUT2D eigenvalue weighted by molar-refractivity contribution is 5.94. The Bertz CT molecular complexity index is 763. The van der Waals surface area contributed by atoms with Gasteiger partial charge in [0.1, 0.15) is 0 Å². The van der Waals surface area contributed by atoms with Crippen LogP contribution in [0.3, 0.4) is 0 Å².